The van der Waals surface area contributed by atoms with E-state index in [9.17, 15) is 4.79 Å². The third-order valence-electron chi connectivity index (χ3n) is 2.00. The highest BCUT2D eigenvalue weighted by Crippen LogP contribution is 2.15. The quantitative estimate of drug-likeness (QED) is 0.664. The Balaban J connectivity index is 2.14. The topological polar surface area (TPSA) is 133 Å². The second-order valence-corrected chi connectivity index (χ2v) is 3.20. The molecule has 0 saturated carbocycles. The molecule has 2 rings (SSSR count). The number of anilines is 2. The van der Waals surface area contributed by atoms with E-state index in [4.69, 9.17) is 11.5 Å². The third-order valence-corrected chi connectivity index (χ3v) is 2.00. The molecule has 0 atom stereocenters. The molecule has 88 valence electrons. The first-order chi connectivity index (χ1) is 8.16. The summed E-state index contributed by atoms with van der Waals surface area (Å²) in [7, 11) is 0. The van der Waals surface area contributed by atoms with E-state index < -0.39 is 5.91 Å². The van der Waals surface area contributed by atoms with Crippen LogP contribution in [0.3, 0.4) is 0 Å². The number of nitrogen functional groups attached to an aromatic ring is 1. The molecular formula is C9H10N6O2. The molecule has 0 unspecified atom stereocenters. The first kappa shape index (κ1) is 10.9. The fraction of sp³-hybridized carbons (Fsp3) is 0.111. The van der Waals surface area contributed by atoms with Crippen LogP contribution in [0.5, 0.6) is 0 Å². The van der Waals surface area contributed by atoms with Crippen LogP contribution < -0.4 is 16.8 Å². The van der Waals surface area contributed by atoms with E-state index in [1.807, 2.05) is 0 Å². The molecule has 0 aliphatic rings. The zero-order valence-electron chi connectivity index (χ0n) is 8.75. The van der Waals surface area contributed by atoms with E-state index in [-0.39, 0.29) is 12.2 Å². The van der Waals surface area contributed by atoms with Crippen LogP contribution in [-0.2, 0) is 6.54 Å². The fourth-order valence-electron chi connectivity index (χ4n) is 1.18. The molecule has 2 aromatic heterocycles. The predicted octanol–water partition coefficient (Wildman–Crippen LogP) is -0.242. The fourth-order valence-corrected chi connectivity index (χ4v) is 1.18. The molecule has 1 amide bonds. The summed E-state index contributed by atoms with van der Waals surface area (Å²) in [6, 6.07) is 3.00. The van der Waals surface area contributed by atoms with Crippen molar-refractivity contribution in [1.29, 1.82) is 0 Å². The van der Waals surface area contributed by atoms with E-state index in [0.29, 0.717) is 17.3 Å². The summed E-state index contributed by atoms with van der Waals surface area (Å²) in [4.78, 5) is 18.7. The van der Waals surface area contributed by atoms with Gasteiger partial charge in [-0.05, 0) is 12.1 Å². The van der Waals surface area contributed by atoms with Gasteiger partial charge in [0.1, 0.15) is 5.69 Å². The van der Waals surface area contributed by atoms with E-state index in [1.54, 1.807) is 6.07 Å². The molecule has 0 bridgehead atoms. The van der Waals surface area contributed by atoms with Crippen molar-refractivity contribution in [2.75, 3.05) is 11.1 Å². The van der Waals surface area contributed by atoms with Crippen molar-refractivity contribution in [1.82, 2.24) is 15.1 Å². The number of carbonyl (C=O) groups excluding carboxylic acids is 1. The van der Waals surface area contributed by atoms with Gasteiger partial charge >= 0.3 is 0 Å². The molecule has 8 heteroatoms. The number of nitrogens with one attached hydrogen (secondary N) is 1. The first-order valence-corrected chi connectivity index (χ1v) is 4.72. The lowest BCUT2D eigenvalue weighted by Crippen LogP contribution is -2.15. The van der Waals surface area contributed by atoms with Gasteiger partial charge in [0.25, 0.3) is 5.91 Å². The number of pyridine rings is 1. The Kier molecular flexibility index (Phi) is 2.86. The summed E-state index contributed by atoms with van der Waals surface area (Å²) in [6.07, 6.45) is 1.22. The Hall–Kier alpha value is -2.64. The van der Waals surface area contributed by atoms with Gasteiger partial charge < -0.3 is 21.3 Å². The third kappa shape index (κ3) is 2.48. The average Bonchev–Trinajstić information content (AvgIpc) is 2.80. The van der Waals surface area contributed by atoms with Gasteiger partial charge in [-0.3, -0.25) is 4.79 Å². The van der Waals surface area contributed by atoms with Crippen molar-refractivity contribution in [3.05, 3.63) is 30.0 Å². The second kappa shape index (κ2) is 4.47. The minimum Gasteiger partial charge on any atom is -0.396 e. The number of amides is 1. The van der Waals surface area contributed by atoms with Crippen molar-refractivity contribution in [3.63, 3.8) is 0 Å². The molecule has 0 fully saturated rings. The van der Waals surface area contributed by atoms with Crippen LogP contribution >= 0.6 is 0 Å². The largest absolute Gasteiger partial charge is 0.396 e. The number of nitrogens with zero attached hydrogens (tertiary/aromatic N) is 3. The zero-order valence-corrected chi connectivity index (χ0v) is 8.75. The number of nitrogens with two attached hydrogens (primary N) is 2. The molecule has 0 aromatic carbocycles. The normalized spacial score (nSPS) is 10.1. The summed E-state index contributed by atoms with van der Waals surface area (Å²) < 4.78 is 4.57. The van der Waals surface area contributed by atoms with Gasteiger partial charge in [-0.25, -0.2) is 4.98 Å². The smallest absolute Gasteiger partial charge is 0.267 e. The number of hydrogen-bond acceptors (Lipinski definition) is 7. The minimum atomic E-state index is -0.618. The van der Waals surface area contributed by atoms with Crippen LogP contribution in [0.4, 0.5) is 11.5 Å². The SMILES string of the molecule is NC(=O)c1ccc(N)c(NCc2ncon2)n1. The van der Waals surface area contributed by atoms with E-state index in [2.05, 4.69) is 25.0 Å². The first-order valence-electron chi connectivity index (χ1n) is 4.72. The van der Waals surface area contributed by atoms with Crippen molar-refractivity contribution >= 4 is 17.4 Å². The Morgan fingerprint density at radius 1 is 1.47 bits per heavy atom. The van der Waals surface area contributed by atoms with Gasteiger partial charge in [0.05, 0.1) is 12.2 Å². The molecule has 2 aromatic rings. The average molecular weight is 234 g/mol. The summed E-state index contributed by atoms with van der Waals surface area (Å²) >= 11 is 0. The molecule has 0 spiro atoms. The van der Waals surface area contributed by atoms with Gasteiger partial charge in [-0.15, -0.1) is 0 Å². The van der Waals surface area contributed by atoms with Crippen molar-refractivity contribution in [3.8, 4) is 0 Å². The summed E-state index contributed by atoms with van der Waals surface area (Å²) in [5, 5.41) is 6.49. The molecule has 2 heterocycles. The lowest BCUT2D eigenvalue weighted by molar-refractivity contribution is 0.0996. The lowest BCUT2D eigenvalue weighted by Gasteiger charge is -2.07. The minimum absolute atomic E-state index is 0.134. The highest BCUT2D eigenvalue weighted by atomic mass is 16.5. The lowest BCUT2D eigenvalue weighted by atomic mass is 10.3. The second-order valence-electron chi connectivity index (χ2n) is 3.20. The maximum Gasteiger partial charge on any atom is 0.267 e. The van der Waals surface area contributed by atoms with Gasteiger partial charge in [0, 0.05) is 0 Å². The van der Waals surface area contributed by atoms with Crippen LogP contribution in [-0.4, -0.2) is 21.0 Å². The molecular weight excluding hydrogens is 224 g/mol. The van der Waals surface area contributed by atoms with Crippen LogP contribution in [0, 0.1) is 0 Å². The zero-order chi connectivity index (χ0) is 12.3. The molecule has 5 N–H and O–H groups in total. The molecule has 8 nitrogen and oxygen atoms in total. The Labute approximate surface area is 96.0 Å². The number of aromatic nitrogens is 3. The molecule has 0 radical (unpaired) electrons. The van der Waals surface area contributed by atoms with Crippen molar-refractivity contribution in [2.45, 2.75) is 6.54 Å². The Morgan fingerprint density at radius 2 is 2.29 bits per heavy atom. The number of rotatable bonds is 4. The summed E-state index contributed by atoms with van der Waals surface area (Å²) in [5.41, 5.74) is 11.3. The predicted molar refractivity (Wildman–Crippen MR) is 58.8 cm³/mol. The van der Waals surface area contributed by atoms with Crippen LogP contribution in [0.25, 0.3) is 0 Å². The summed E-state index contributed by atoms with van der Waals surface area (Å²) in [5.74, 6) is 0.189. The van der Waals surface area contributed by atoms with Gasteiger partial charge in [0.15, 0.2) is 11.6 Å². The van der Waals surface area contributed by atoms with Crippen LogP contribution in [0.15, 0.2) is 23.0 Å². The van der Waals surface area contributed by atoms with E-state index >= 15 is 0 Å². The Morgan fingerprint density at radius 3 is 2.94 bits per heavy atom. The summed E-state index contributed by atoms with van der Waals surface area (Å²) in [6.45, 7) is 0.288. The van der Waals surface area contributed by atoms with Crippen molar-refractivity contribution in [2.24, 2.45) is 5.73 Å². The number of hydrogen-bond donors (Lipinski definition) is 3. The van der Waals surface area contributed by atoms with Gasteiger partial charge in [0.2, 0.25) is 6.39 Å². The monoisotopic (exact) mass is 234 g/mol. The van der Waals surface area contributed by atoms with Gasteiger partial charge in [-0.2, -0.15) is 4.98 Å². The van der Waals surface area contributed by atoms with E-state index in [0.717, 1.165) is 0 Å². The van der Waals surface area contributed by atoms with Gasteiger partial charge in [-0.1, -0.05) is 5.16 Å². The maximum absolute atomic E-state index is 10.9. The van der Waals surface area contributed by atoms with Crippen molar-refractivity contribution < 1.29 is 9.32 Å². The highest BCUT2D eigenvalue weighted by molar-refractivity contribution is 5.91. The molecule has 0 aliphatic heterocycles. The molecule has 0 aliphatic carbocycles. The molecule has 17 heavy (non-hydrogen) atoms. The maximum atomic E-state index is 10.9. The van der Waals surface area contributed by atoms with E-state index in [1.165, 1.54) is 12.5 Å². The van der Waals surface area contributed by atoms with Crippen LogP contribution in [0.2, 0.25) is 0 Å². The Bertz CT molecular complexity index is 524. The standard InChI is InChI=1S/C9H10N6O2/c10-5-1-2-6(8(11)16)14-9(5)12-3-7-13-4-17-15-7/h1-2,4H,3,10H2,(H2,11,16)(H,12,14). The highest BCUT2D eigenvalue weighted by Gasteiger charge is 2.07. The van der Waals surface area contributed by atoms with Crippen LogP contribution in [0.1, 0.15) is 16.3 Å². The molecule has 0 saturated heterocycles. The number of primary amides is 1. The number of carbonyl (C=O) groups is 1.